The van der Waals surface area contributed by atoms with E-state index in [4.69, 9.17) is 9.47 Å². The molecule has 0 saturated carbocycles. The van der Waals surface area contributed by atoms with Crippen molar-refractivity contribution in [3.8, 4) is 24.3 Å². The fraction of sp³-hybridized carbons (Fsp3) is 0.459. The third-order valence-corrected chi connectivity index (χ3v) is 8.06. The molecule has 2 aliphatic carbocycles. The molecule has 2 aromatic rings. The van der Waals surface area contributed by atoms with Gasteiger partial charge < -0.3 is 24.6 Å². The van der Waals surface area contributed by atoms with Gasteiger partial charge in [0.25, 0.3) is 0 Å². The lowest BCUT2D eigenvalue weighted by Crippen LogP contribution is -2.29. The first-order valence-electron chi connectivity index (χ1n) is 15.8. The lowest BCUT2D eigenvalue weighted by atomic mass is 9.92. The molecule has 3 aliphatic rings. The van der Waals surface area contributed by atoms with Crippen LogP contribution in [0, 0.1) is 18.7 Å². The van der Waals surface area contributed by atoms with Gasteiger partial charge in [-0.3, -0.25) is 4.90 Å². The van der Waals surface area contributed by atoms with Gasteiger partial charge in [-0.15, -0.1) is 12.8 Å². The third-order valence-electron chi connectivity index (χ3n) is 8.06. The van der Waals surface area contributed by atoms with E-state index in [0.717, 1.165) is 43.1 Å². The van der Waals surface area contributed by atoms with Gasteiger partial charge in [-0.05, 0) is 98.7 Å². The Bertz CT molecular complexity index is 1260. The number of nitrogens with zero attached hydrogens (tertiary/aromatic N) is 2. The van der Waals surface area contributed by atoms with Crippen LogP contribution in [-0.2, 0) is 6.54 Å². The van der Waals surface area contributed by atoms with Gasteiger partial charge in [-0.25, -0.2) is 4.39 Å². The maximum absolute atomic E-state index is 14.6. The average Bonchev–Trinajstić information content (AvgIpc) is 3.43. The van der Waals surface area contributed by atoms with Gasteiger partial charge >= 0.3 is 0 Å². The summed E-state index contributed by atoms with van der Waals surface area (Å²) in [7, 11) is 1.62. The first-order valence-corrected chi connectivity index (χ1v) is 15.8. The monoisotopic (exact) mass is 604 g/mol. The smallest absolute Gasteiger partial charge is 0.165 e. The lowest BCUT2D eigenvalue weighted by molar-refractivity contribution is 0.209. The standard InChI is InChI=1S/C24H33FN2O3.C11H14O.C2H2/c1-29-22-8-6-7-21(18-22)27(13-15-28)19-20-9-10-24(23(25)17-20)30-16-14-26-11-4-2-3-5-12-26;12-11-7-3-6-9-4-1-2-5-10(9)8-11;1-2/h6-10,17-18,28H,2-5,11-16,19H2,1H3;3,6,8,12H,1-2,4-5,7H2;1-2H. The van der Waals surface area contributed by atoms with Crippen LogP contribution < -0.4 is 14.4 Å². The van der Waals surface area contributed by atoms with E-state index in [1.165, 1.54) is 62.2 Å². The number of likely N-dealkylation sites (tertiary alicyclic amines) is 1. The Morgan fingerprint density at radius 1 is 0.955 bits per heavy atom. The average molecular weight is 605 g/mol. The minimum atomic E-state index is -0.349. The van der Waals surface area contributed by atoms with Gasteiger partial charge in [0, 0.05) is 37.8 Å². The summed E-state index contributed by atoms with van der Waals surface area (Å²) in [4.78, 5) is 4.40. The molecule has 1 heterocycles. The molecule has 2 N–H and O–H groups in total. The molecule has 0 amide bonds. The van der Waals surface area contributed by atoms with Crippen molar-refractivity contribution in [2.24, 2.45) is 0 Å². The number of anilines is 1. The fourth-order valence-corrected chi connectivity index (χ4v) is 5.74. The Morgan fingerprint density at radius 3 is 2.41 bits per heavy atom. The van der Waals surface area contributed by atoms with Gasteiger partial charge in [0.05, 0.1) is 19.5 Å². The molecule has 1 fully saturated rings. The van der Waals surface area contributed by atoms with Crippen LogP contribution in [0.3, 0.4) is 0 Å². The van der Waals surface area contributed by atoms with E-state index in [1.807, 2.05) is 41.3 Å². The van der Waals surface area contributed by atoms with Crippen molar-refractivity contribution >= 4 is 5.69 Å². The van der Waals surface area contributed by atoms with Crippen LogP contribution in [0.4, 0.5) is 10.1 Å². The maximum Gasteiger partial charge on any atom is 0.165 e. The van der Waals surface area contributed by atoms with Crippen LogP contribution in [0.1, 0.15) is 63.4 Å². The summed E-state index contributed by atoms with van der Waals surface area (Å²) in [6.07, 6.45) is 24.9. The Balaban J connectivity index is 0.000000312. The maximum atomic E-state index is 14.6. The van der Waals surface area contributed by atoms with Crippen molar-refractivity contribution in [2.45, 2.75) is 64.3 Å². The number of allylic oxidation sites excluding steroid dienone is 5. The van der Waals surface area contributed by atoms with Crippen LogP contribution in [0.15, 0.2) is 77.6 Å². The molecule has 6 nitrogen and oxygen atoms in total. The van der Waals surface area contributed by atoms with Crippen LogP contribution in [0.2, 0.25) is 0 Å². The molecule has 0 radical (unpaired) electrons. The van der Waals surface area contributed by atoms with Crippen molar-refractivity contribution in [3.63, 3.8) is 0 Å². The Kier molecular flexibility index (Phi) is 15.4. The minimum Gasteiger partial charge on any atom is -0.512 e. The molecule has 5 rings (SSSR count). The number of hydrogen-bond donors (Lipinski definition) is 2. The van der Waals surface area contributed by atoms with Crippen molar-refractivity contribution in [1.82, 2.24) is 4.90 Å². The highest BCUT2D eigenvalue weighted by Crippen LogP contribution is 2.29. The lowest BCUT2D eigenvalue weighted by Gasteiger charge is -2.25. The van der Waals surface area contributed by atoms with Crippen molar-refractivity contribution < 1.29 is 24.1 Å². The number of methoxy groups -OCH3 is 1. The quantitative estimate of drug-likeness (QED) is 0.273. The first kappa shape index (κ1) is 34.8. The highest BCUT2D eigenvalue weighted by atomic mass is 19.1. The predicted octanol–water partition coefficient (Wildman–Crippen LogP) is 7.60. The summed E-state index contributed by atoms with van der Waals surface area (Å²) in [6.45, 7) is 4.49. The number of halogens is 1. The largest absolute Gasteiger partial charge is 0.512 e. The van der Waals surface area contributed by atoms with E-state index < -0.39 is 0 Å². The van der Waals surface area contributed by atoms with E-state index in [9.17, 15) is 14.6 Å². The SMILES string of the molecule is C#C.COc1cccc(N(CCO)Cc2ccc(OCCN3CCCCCC3)c(F)c2)c1.OC1=CC2=C(C=CC1)CCCC2. The third kappa shape index (κ3) is 11.4. The van der Waals surface area contributed by atoms with Gasteiger partial charge in [0.1, 0.15) is 12.4 Å². The zero-order valence-electron chi connectivity index (χ0n) is 26.2. The highest BCUT2D eigenvalue weighted by Gasteiger charge is 2.13. The number of rotatable bonds is 10. The summed E-state index contributed by atoms with van der Waals surface area (Å²) >= 11 is 0. The van der Waals surface area contributed by atoms with E-state index in [1.54, 1.807) is 13.2 Å². The summed E-state index contributed by atoms with van der Waals surface area (Å²) < 4.78 is 25.6. The zero-order valence-corrected chi connectivity index (χ0v) is 26.2. The second kappa shape index (κ2) is 19.5. The molecular formula is C37H49FN2O4. The summed E-state index contributed by atoms with van der Waals surface area (Å²) in [5.74, 6) is 1.20. The van der Waals surface area contributed by atoms with E-state index in [-0.39, 0.29) is 12.4 Å². The second-order valence-electron chi connectivity index (χ2n) is 11.2. The molecule has 0 spiro atoms. The number of ether oxygens (including phenoxy) is 2. The van der Waals surface area contributed by atoms with Crippen molar-refractivity contribution in [3.05, 3.63) is 89.0 Å². The van der Waals surface area contributed by atoms with E-state index in [0.29, 0.717) is 37.6 Å². The van der Waals surface area contributed by atoms with Crippen molar-refractivity contribution in [2.75, 3.05) is 51.4 Å². The molecular weight excluding hydrogens is 555 g/mol. The summed E-state index contributed by atoms with van der Waals surface area (Å²) in [5, 5.41) is 18.9. The number of aliphatic hydroxyl groups is 2. The summed E-state index contributed by atoms with van der Waals surface area (Å²) in [6, 6.07) is 12.7. The number of hydrogen-bond acceptors (Lipinski definition) is 6. The molecule has 0 unspecified atom stereocenters. The molecule has 2 aromatic carbocycles. The number of terminal acetylenes is 1. The molecule has 0 atom stereocenters. The molecule has 238 valence electrons. The van der Waals surface area contributed by atoms with Crippen LogP contribution in [-0.4, -0.2) is 61.6 Å². The van der Waals surface area contributed by atoms with Gasteiger partial charge in [0.15, 0.2) is 11.6 Å². The first-order chi connectivity index (χ1) is 21.6. The van der Waals surface area contributed by atoms with Gasteiger partial charge in [0.2, 0.25) is 0 Å². The Morgan fingerprint density at radius 2 is 1.70 bits per heavy atom. The van der Waals surface area contributed by atoms with Gasteiger partial charge in [-0.1, -0.05) is 37.1 Å². The number of benzene rings is 2. The van der Waals surface area contributed by atoms with E-state index in [2.05, 4.69) is 29.9 Å². The minimum absolute atomic E-state index is 0.0113. The molecule has 0 aromatic heterocycles. The molecule has 0 bridgehead atoms. The highest BCUT2D eigenvalue weighted by molar-refractivity contribution is 5.51. The van der Waals surface area contributed by atoms with Crippen LogP contribution in [0.25, 0.3) is 0 Å². The second-order valence-corrected chi connectivity index (χ2v) is 11.2. The Labute approximate surface area is 263 Å². The number of aliphatic hydroxyl groups excluding tert-OH is 2. The Hall–Kier alpha value is -3.73. The molecule has 1 saturated heterocycles. The van der Waals surface area contributed by atoms with Crippen molar-refractivity contribution in [1.29, 1.82) is 0 Å². The topological polar surface area (TPSA) is 65.4 Å². The van der Waals surface area contributed by atoms with E-state index >= 15 is 0 Å². The van der Waals surface area contributed by atoms with Crippen LogP contribution in [0.5, 0.6) is 11.5 Å². The van der Waals surface area contributed by atoms with Crippen LogP contribution >= 0.6 is 0 Å². The fourth-order valence-electron chi connectivity index (χ4n) is 5.74. The molecule has 44 heavy (non-hydrogen) atoms. The normalized spacial score (nSPS) is 16.5. The molecule has 1 aliphatic heterocycles. The predicted molar refractivity (Wildman–Crippen MR) is 178 cm³/mol. The zero-order chi connectivity index (χ0) is 31.6. The molecule has 7 heteroatoms. The summed E-state index contributed by atoms with van der Waals surface area (Å²) in [5.41, 5.74) is 4.53. The van der Waals surface area contributed by atoms with Gasteiger partial charge in [-0.2, -0.15) is 0 Å².